The highest BCUT2D eigenvalue weighted by Gasteiger charge is 2.32. The number of amides is 2. The van der Waals surface area contributed by atoms with E-state index in [2.05, 4.69) is 20.6 Å². The van der Waals surface area contributed by atoms with Gasteiger partial charge in [0.15, 0.2) is 5.13 Å². The topological polar surface area (TPSA) is 154 Å². The van der Waals surface area contributed by atoms with Crippen LogP contribution in [-0.2, 0) is 32.6 Å². The number of ether oxygens (including phenoxy) is 1. The van der Waals surface area contributed by atoms with E-state index >= 15 is 0 Å². The molecule has 0 spiro atoms. The first-order chi connectivity index (χ1) is 22.5. The van der Waals surface area contributed by atoms with Gasteiger partial charge in [0.05, 0.1) is 43.7 Å². The Labute approximate surface area is 282 Å². The summed E-state index contributed by atoms with van der Waals surface area (Å²) in [6.45, 7) is 4.57. The second-order valence-corrected chi connectivity index (χ2v) is 16.0. The summed E-state index contributed by atoms with van der Waals surface area (Å²) in [5.41, 5.74) is 3.07. The lowest BCUT2D eigenvalue weighted by atomic mass is 10.0. The number of carbonyl (C=O) groups is 2. The summed E-state index contributed by atoms with van der Waals surface area (Å²) in [6, 6.07) is 12.9. The van der Waals surface area contributed by atoms with Gasteiger partial charge in [-0.15, -0.1) is 11.3 Å². The van der Waals surface area contributed by atoms with Crippen LogP contribution in [0.4, 0.5) is 9.93 Å². The summed E-state index contributed by atoms with van der Waals surface area (Å²) in [4.78, 5) is 36.9. The van der Waals surface area contributed by atoms with Crippen LogP contribution in [0.25, 0.3) is 10.2 Å². The number of hydrogen-bond donors (Lipinski definition) is 3. The van der Waals surface area contributed by atoms with Crippen molar-refractivity contribution in [2.45, 2.75) is 62.8 Å². The molecule has 0 radical (unpaired) electrons. The van der Waals surface area contributed by atoms with Crippen LogP contribution in [0.15, 0.2) is 65.1 Å². The standard InChI is InChI=1S/C32H40N6O6S3/c1-21(2)17-38(18-28(39)26(14-22-8-5-4-6-9-22)35-32(41)44-19-23-16-33-20-45-23)47(42,43)24-11-12-25-29(15-24)46-31(34-25)36-30(40)27-10-7-13-37(27)3/h4-6,8-9,11-12,15-16,20-21,26-28,39H,7,10,13-14,17-19H2,1-3H3,(H,35,41)(H,34,36,40)/t26-,27-,28+/m0/s1. The molecule has 1 aliphatic rings. The van der Waals surface area contributed by atoms with Crippen LogP contribution in [0, 0.1) is 5.92 Å². The maximum absolute atomic E-state index is 14.1. The minimum atomic E-state index is -4.08. The molecule has 4 aromatic rings. The van der Waals surface area contributed by atoms with E-state index in [4.69, 9.17) is 4.74 Å². The Morgan fingerprint density at radius 1 is 1.17 bits per heavy atom. The van der Waals surface area contributed by atoms with E-state index in [1.165, 1.54) is 33.0 Å². The second kappa shape index (κ2) is 15.6. The number of aliphatic hydroxyl groups excluding tert-OH is 1. The van der Waals surface area contributed by atoms with E-state index in [0.717, 1.165) is 29.8 Å². The first-order valence-corrected chi connectivity index (χ1v) is 18.6. The van der Waals surface area contributed by atoms with Crippen LogP contribution in [-0.4, -0.2) is 89.6 Å². The van der Waals surface area contributed by atoms with Crippen LogP contribution >= 0.6 is 22.7 Å². The second-order valence-electron chi connectivity index (χ2n) is 12.0. The maximum Gasteiger partial charge on any atom is 0.407 e. The predicted octanol–water partition coefficient (Wildman–Crippen LogP) is 4.33. The molecule has 5 rings (SSSR count). The number of alkyl carbamates (subject to hydrolysis) is 1. The normalized spacial score (nSPS) is 16.9. The Bertz CT molecular complexity index is 1750. The van der Waals surface area contributed by atoms with Gasteiger partial charge in [0.1, 0.15) is 6.61 Å². The Morgan fingerprint density at radius 3 is 2.64 bits per heavy atom. The molecule has 252 valence electrons. The number of thiazole rings is 2. The largest absolute Gasteiger partial charge is 0.444 e. The van der Waals surface area contributed by atoms with Gasteiger partial charge >= 0.3 is 6.09 Å². The molecule has 3 N–H and O–H groups in total. The summed E-state index contributed by atoms with van der Waals surface area (Å²) in [6.07, 6.45) is 1.61. The zero-order valence-corrected chi connectivity index (χ0v) is 29.0. The number of nitrogens with zero attached hydrogens (tertiary/aromatic N) is 4. The molecule has 3 atom stereocenters. The molecule has 1 fully saturated rings. The number of sulfonamides is 1. The molecule has 0 saturated carbocycles. The molecule has 1 saturated heterocycles. The first-order valence-electron chi connectivity index (χ1n) is 15.4. The van der Waals surface area contributed by atoms with Crippen molar-refractivity contribution in [1.29, 1.82) is 0 Å². The highest BCUT2D eigenvalue weighted by Crippen LogP contribution is 2.30. The molecule has 15 heteroatoms. The van der Waals surface area contributed by atoms with Crippen molar-refractivity contribution in [1.82, 2.24) is 24.5 Å². The number of benzene rings is 2. The minimum absolute atomic E-state index is 0.0294. The Hall–Kier alpha value is -3.47. The molecule has 47 heavy (non-hydrogen) atoms. The number of carbonyl (C=O) groups excluding carboxylic acids is 2. The molecular formula is C32H40N6O6S3. The molecule has 0 bridgehead atoms. The van der Waals surface area contributed by atoms with Gasteiger partial charge in [0.25, 0.3) is 0 Å². The van der Waals surface area contributed by atoms with Crippen LogP contribution in [0.1, 0.15) is 37.1 Å². The van der Waals surface area contributed by atoms with Crippen molar-refractivity contribution in [3.8, 4) is 0 Å². The van der Waals surface area contributed by atoms with Crippen molar-refractivity contribution >= 4 is 60.0 Å². The van der Waals surface area contributed by atoms with Gasteiger partial charge in [-0.25, -0.2) is 18.2 Å². The number of rotatable bonds is 14. The van der Waals surface area contributed by atoms with Gasteiger partial charge in [-0.05, 0) is 62.5 Å². The van der Waals surface area contributed by atoms with Crippen molar-refractivity contribution < 1.29 is 27.9 Å². The van der Waals surface area contributed by atoms with E-state index in [-0.39, 0.29) is 48.9 Å². The molecule has 2 amide bonds. The molecule has 12 nitrogen and oxygen atoms in total. The fraction of sp³-hybridized carbons (Fsp3) is 0.438. The molecule has 2 aromatic carbocycles. The number of fused-ring (bicyclic) bond motifs is 1. The Balaban J connectivity index is 1.33. The third kappa shape index (κ3) is 9.12. The lowest BCUT2D eigenvalue weighted by Crippen LogP contribution is -2.51. The number of likely N-dealkylation sites (tertiary alicyclic amines) is 1. The number of likely N-dealkylation sites (N-methyl/N-ethyl adjacent to an activating group) is 1. The lowest BCUT2D eigenvalue weighted by Gasteiger charge is -2.30. The average molecular weight is 701 g/mol. The number of aliphatic hydroxyl groups is 1. The van der Waals surface area contributed by atoms with Crippen LogP contribution in [0.2, 0.25) is 0 Å². The monoisotopic (exact) mass is 700 g/mol. The lowest BCUT2D eigenvalue weighted by molar-refractivity contribution is -0.119. The highest BCUT2D eigenvalue weighted by atomic mass is 32.2. The SMILES string of the molecule is CC(C)CN(C[C@@H](O)[C@H](Cc1ccccc1)NC(=O)OCc1cncs1)S(=O)(=O)c1ccc2nc(NC(=O)[C@@H]3CCCN3C)sc2c1. The van der Waals surface area contributed by atoms with Crippen LogP contribution in [0.5, 0.6) is 0 Å². The fourth-order valence-corrected chi connectivity index (χ4v) is 8.64. The number of nitrogens with one attached hydrogen (secondary N) is 2. The molecule has 3 heterocycles. The van der Waals surface area contributed by atoms with Crippen molar-refractivity contribution in [3.05, 3.63) is 70.7 Å². The van der Waals surface area contributed by atoms with Crippen molar-refractivity contribution in [2.75, 3.05) is 32.0 Å². The molecule has 1 aliphatic heterocycles. The summed E-state index contributed by atoms with van der Waals surface area (Å²) < 4.78 is 35.4. The van der Waals surface area contributed by atoms with Gasteiger partial charge in [-0.1, -0.05) is 55.5 Å². The van der Waals surface area contributed by atoms with Gasteiger partial charge in [-0.2, -0.15) is 4.31 Å². The van der Waals surface area contributed by atoms with Crippen LogP contribution in [0.3, 0.4) is 0 Å². The Kier molecular flexibility index (Phi) is 11.6. The van der Waals surface area contributed by atoms with Crippen LogP contribution < -0.4 is 10.6 Å². The summed E-state index contributed by atoms with van der Waals surface area (Å²) in [5.74, 6) is -0.176. The molecule has 2 aromatic heterocycles. The summed E-state index contributed by atoms with van der Waals surface area (Å²) in [5, 5.41) is 17.5. The zero-order chi connectivity index (χ0) is 33.6. The molecular weight excluding hydrogens is 661 g/mol. The summed E-state index contributed by atoms with van der Waals surface area (Å²) in [7, 11) is -2.16. The quantitative estimate of drug-likeness (QED) is 0.174. The van der Waals surface area contributed by atoms with Gasteiger partial charge in [0, 0.05) is 19.3 Å². The zero-order valence-electron chi connectivity index (χ0n) is 26.5. The predicted molar refractivity (Wildman–Crippen MR) is 183 cm³/mol. The van der Waals surface area contributed by atoms with Gasteiger partial charge < -0.3 is 20.5 Å². The fourth-order valence-electron chi connectivity index (χ4n) is 5.51. The van der Waals surface area contributed by atoms with Gasteiger partial charge in [0.2, 0.25) is 15.9 Å². The van der Waals surface area contributed by atoms with E-state index in [1.807, 2.05) is 56.1 Å². The smallest absolute Gasteiger partial charge is 0.407 e. The van der Waals surface area contributed by atoms with E-state index in [9.17, 15) is 23.1 Å². The van der Waals surface area contributed by atoms with E-state index in [1.54, 1.807) is 23.8 Å². The summed E-state index contributed by atoms with van der Waals surface area (Å²) >= 11 is 2.57. The number of anilines is 1. The third-order valence-corrected chi connectivity index (χ3v) is 11.4. The van der Waals surface area contributed by atoms with E-state index in [0.29, 0.717) is 15.3 Å². The van der Waals surface area contributed by atoms with Crippen molar-refractivity contribution in [2.24, 2.45) is 5.92 Å². The van der Waals surface area contributed by atoms with Crippen molar-refractivity contribution in [3.63, 3.8) is 0 Å². The number of aromatic nitrogens is 2. The highest BCUT2D eigenvalue weighted by molar-refractivity contribution is 7.89. The third-order valence-electron chi connectivity index (χ3n) is 7.91. The Morgan fingerprint density at radius 2 is 1.96 bits per heavy atom. The van der Waals surface area contributed by atoms with Gasteiger partial charge in [-0.3, -0.25) is 14.7 Å². The average Bonchev–Trinajstić information content (AvgIpc) is 3.80. The molecule has 0 aliphatic carbocycles. The number of hydrogen-bond acceptors (Lipinski definition) is 11. The molecule has 0 unspecified atom stereocenters. The maximum atomic E-state index is 14.1. The minimum Gasteiger partial charge on any atom is -0.444 e. The van der Waals surface area contributed by atoms with E-state index < -0.39 is 28.3 Å². The first kappa shape index (κ1) is 34.9.